The number of aryl methyl sites for hydroxylation is 1. The number of aliphatic hydroxyl groups is 1. The normalized spacial score (nSPS) is 10.5. The highest BCUT2D eigenvalue weighted by Gasteiger charge is 2.18. The van der Waals surface area contributed by atoms with Gasteiger partial charge < -0.3 is 9.84 Å². The molecule has 0 aliphatic carbocycles. The summed E-state index contributed by atoms with van der Waals surface area (Å²) in [7, 11) is 0. The highest BCUT2D eigenvalue weighted by molar-refractivity contribution is 5.65. The van der Waals surface area contributed by atoms with Crippen LogP contribution in [0, 0.1) is 0 Å². The lowest BCUT2D eigenvalue weighted by Crippen LogP contribution is -2.17. The molecule has 3 nitrogen and oxygen atoms in total. The molecule has 0 saturated carbocycles. The van der Waals surface area contributed by atoms with Gasteiger partial charge in [0.25, 0.3) is 0 Å². The summed E-state index contributed by atoms with van der Waals surface area (Å²) in [6.07, 6.45) is 3.45. The van der Waals surface area contributed by atoms with E-state index >= 15 is 0 Å². The molecule has 114 valence electrons. The van der Waals surface area contributed by atoms with Gasteiger partial charge >= 0.3 is 5.97 Å². The zero-order valence-electron chi connectivity index (χ0n) is 13.4. The summed E-state index contributed by atoms with van der Waals surface area (Å²) in [6.45, 7) is 9.53. The van der Waals surface area contributed by atoms with Crippen molar-refractivity contribution < 1.29 is 14.6 Å². The molecular weight excluding hydrogens is 252 g/mol. The number of hydrogen-bond donors (Lipinski definition) is 1. The quantitative estimate of drug-likeness (QED) is 0.834. The Kier molecular flexibility index (Phi) is 8.89. The van der Waals surface area contributed by atoms with Crippen molar-refractivity contribution in [3.05, 3.63) is 35.4 Å². The average Bonchev–Trinajstić information content (AvgIpc) is 2.36. The van der Waals surface area contributed by atoms with Crippen molar-refractivity contribution >= 4 is 5.97 Å². The number of esters is 1. The molecule has 0 aliphatic rings. The Balaban J connectivity index is 0.000000511. The van der Waals surface area contributed by atoms with Gasteiger partial charge in [0, 0.05) is 6.92 Å². The van der Waals surface area contributed by atoms with Crippen LogP contribution in [0.15, 0.2) is 24.3 Å². The summed E-state index contributed by atoms with van der Waals surface area (Å²) in [5.74, 6) is -0.211. The standard InChI is InChI=1S/C13H20O.C4H8O2/c1-4-5-8-11-9-6-7-10-12(11)13(2,3)14;1-3-6-4(2)5/h6-7,9-10,14H,4-5,8H2,1-3H3;3H2,1-2H3. The van der Waals surface area contributed by atoms with Crippen molar-refractivity contribution in [1.29, 1.82) is 0 Å². The second kappa shape index (κ2) is 9.54. The van der Waals surface area contributed by atoms with Crippen molar-refractivity contribution in [3.63, 3.8) is 0 Å². The fourth-order valence-electron chi connectivity index (χ4n) is 1.91. The van der Waals surface area contributed by atoms with Crippen molar-refractivity contribution in [2.24, 2.45) is 0 Å². The molecule has 3 heteroatoms. The fourth-order valence-corrected chi connectivity index (χ4v) is 1.91. The summed E-state index contributed by atoms with van der Waals surface area (Å²) >= 11 is 0. The monoisotopic (exact) mass is 280 g/mol. The van der Waals surface area contributed by atoms with Gasteiger partial charge in [-0.2, -0.15) is 0 Å². The van der Waals surface area contributed by atoms with Crippen LogP contribution >= 0.6 is 0 Å². The molecule has 0 saturated heterocycles. The van der Waals surface area contributed by atoms with Crippen LogP contribution < -0.4 is 0 Å². The number of carbonyl (C=O) groups is 1. The van der Waals surface area contributed by atoms with Crippen molar-refractivity contribution in [2.75, 3.05) is 6.61 Å². The Labute approximate surface area is 123 Å². The van der Waals surface area contributed by atoms with Crippen LogP contribution in [-0.2, 0) is 21.6 Å². The first-order valence-corrected chi connectivity index (χ1v) is 7.27. The smallest absolute Gasteiger partial charge is 0.302 e. The maximum atomic E-state index is 9.97. The van der Waals surface area contributed by atoms with Gasteiger partial charge in [0.05, 0.1) is 12.2 Å². The first-order chi connectivity index (χ1) is 9.32. The summed E-state index contributed by atoms with van der Waals surface area (Å²) in [5, 5.41) is 9.97. The van der Waals surface area contributed by atoms with Crippen LogP contribution in [0.2, 0.25) is 0 Å². The Hall–Kier alpha value is -1.35. The van der Waals surface area contributed by atoms with E-state index in [0.717, 1.165) is 12.0 Å². The number of rotatable bonds is 5. The lowest BCUT2D eigenvalue weighted by molar-refractivity contribution is -0.140. The first kappa shape index (κ1) is 18.7. The largest absolute Gasteiger partial charge is 0.466 e. The van der Waals surface area contributed by atoms with Gasteiger partial charge in [-0.1, -0.05) is 37.6 Å². The second-order valence-corrected chi connectivity index (χ2v) is 5.24. The van der Waals surface area contributed by atoms with Gasteiger partial charge in [0.1, 0.15) is 0 Å². The van der Waals surface area contributed by atoms with Gasteiger partial charge in [0.15, 0.2) is 0 Å². The second-order valence-electron chi connectivity index (χ2n) is 5.24. The van der Waals surface area contributed by atoms with Crippen LogP contribution in [0.1, 0.15) is 58.6 Å². The summed E-state index contributed by atoms with van der Waals surface area (Å²) in [5.41, 5.74) is 1.62. The Bertz CT molecular complexity index is 391. The van der Waals surface area contributed by atoms with Crippen LogP contribution in [0.3, 0.4) is 0 Å². The van der Waals surface area contributed by atoms with Crippen LogP contribution in [-0.4, -0.2) is 17.7 Å². The van der Waals surface area contributed by atoms with Gasteiger partial charge in [-0.25, -0.2) is 0 Å². The molecule has 0 amide bonds. The minimum absolute atomic E-state index is 0.211. The SMILES string of the molecule is CCCCc1ccccc1C(C)(C)O.CCOC(C)=O. The number of ether oxygens (including phenoxy) is 1. The topological polar surface area (TPSA) is 46.5 Å². The predicted molar refractivity (Wildman–Crippen MR) is 82.6 cm³/mol. The predicted octanol–water partition coefficient (Wildman–Crippen LogP) is 3.83. The molecule has 0 fully saturated rings. The fraction of sp³-hybridized carbons (Fsp3) is 0.588. The molecule has 0 heterocycles. The highest BCUT2D eigenvalue weighted by Crippen LogP contribution is 2.24. The van der Waals surface area contributed by atoms with Crippen molar-refractivity contribution in [3.8, 4) is 0 Å². The molecule has 0 radical (unpaired) electrons. The molecule has 1 N–H and O–H groups in total. The zero-order chi connectivity index (χ0) is 15.6. The maximum absolute atomic E-state index is 9.97. The number of unbranched alkanes of at least 4 members (excludes halogenated alkanes) is 1. The van der Waals surface area contributed by atoms with Gasteiger partial charge in [-0.15, -0.1) is 0 Å². The van der Waals surface area contributed by atoms with Crippen molar-refractivity contribution in [1.82, 2.24) is 0 Å². The van der Waals surface area contributed by atoms with E-state index in [4.69, 9.17) is 0 Å². The minimum atomic E-state index is -0.718. The third-order valence-electron chi connectivity index (χ3n) is 2.82. The molecule has 0 unspecified atom stereocenters. The lowest BCUT2D eigenvalue weighted by Gasteiger charge is -2.21. The Morgan fingerprint density at radius 1 is 1.25 bits per heavy atom. The average molecular weight is 280 g/mol. The Morgan fingerprint density at radius 2 is 1.85 bits per heavy atom. The number of carbonyl (C=O) groups excluding carboxylic acids is 1. The lowest BCUT2D eigenvalue weighted by atomic mass is 9.91. The molecule has 20 heavy (non-hydrogen) atoms. The van der Waals surface area contributed by atoms with Crippen LogP contribution in [0.25, 0.3) is 0 Å². The Morgan fingerprint density at radius 3 is 2.25 bits per heavy atom. The third kappa shape index (κ3) is 7.95. The van der Waals surface area contributed by atoms with E-state index in [1.165, 1.54) is 25.3 Å². The van der Waals surface area contributed by atoms with E-state index in [9.17, 15) is 9.90 Å². The van der Waals surface area contributed by atoms with Gasteiger partial charge in [-0.05, 0) is 44.7 Å². The van der Waals surface area contributed by atoms with Gasteiger partial charge in [0.2, 0.25) is 0 Å². The first-order valence-electron chi connectivity index (χ1n) is 7.27. The van der Waals surface area contributed by atoms with Gasteiger partial charge in [-0.3, -0.25) is 4.79 Å². The maximum Gasteiger partial charge on any atom is 0.302 e. The van der Waals surface area contributed by atoms with E-state index in [-0.39, 0.29) is 5.97 Å². The van der Waals surface area contributed by atoms with Crippen LogP contribution in [0.4, 0.5) is 0 Å². The molecule has 0 aliphatic heterocycles. The zero-order valence-corrected chi connectivity index (χ0v) is 13.4. The number of hydrogen-bond acceptors (Lipinski definition) is 3. The third-order valence-corrected chi connectivity index (χ3v) is 2.82. The molecule has 1 aromatic carbocycles. The van der Waals surface area contributed by atoms with Crippen LogP contribution in [0.5, 0.6) is 0 Å². The summed E-state index contributed by atoms with van der Waals surface area (Å²) < 4.78 is 4.40. The van der Waals surface area contributed by atoms with E-state index in [0.29, 0.717) is 6.61 Å². The molecule has 0 aromatic heterocycles. The van der Waals surface area contributed by atoms with Crippen molar-refractivity contribution in [2.45, 2.75) is 59.5 Å². The molecule has 0 bridgehead atoms. The molecule has 1 rings (SSSR count). The molecular formula is C17H28O3. The summed E-state index contributed by atoms with van der Waals surface area (Å²) in [6, 6.07) is 8.16. The van der Waals surface area contributed by atoms with E-state index < -0.39 is 5.60 Å². The van der Waals surface area contributed by atoms with E-state index in [2.05, 4.69) is 17.7 Å². The van der Waals surface area contributed by atoms with E-state index in [1.54, 1.807) is 6.92 Å². The van der Waals surface area contributed by atoms with E-state index in [1.807, 2.05) is 32.0 Å². The highest BCUT2D eigenvalue weighted by atomic mass is 16.5. The molecule has 0 atom stereocenters. The number of benzene rings is 1. The minimum Gasteiger partial charge on any atom is -0.466 e. The molecule has 1 aromatic rings. The summed E-state index contributed by atoms with van der Waals surface area (Å²) in [4.78, 5) is 9.82. The molecule has 0 spiro atoms.